The van der Waals surface area contributed by atoms with Crippen LogP contribution in [0.4, 0.5) is 0 Å². The molecule has 1 unspecified atom stereocenters. The summed E-state index contributed by atoms with van der Waals surface area (Å²) >= 11 is 0. The third-order valence-electron chi connectivity index (χ3n) is 4.13. The van der Waals surface area contributed by atoms with Crippen molar-refractivity contribution in [1.29, 1.82) is 0 Å². The molecule has 1 aromatic rings. The average molecular weight is 295 g/mol. The highest BCUT2D eigenvalue weighted by Gasteiger charge is 2.38. The van der Waals surface area contributed by atoms with E-state index in [1.54, 1.807) is 12.1 Å². The SMILES string of the molecule is [3H]C([3H])([3H])Oc1ccc(C(CN(C([3H])([3H])[3H])C([3H])([3H])[3H])C2(O)CCCCC2)cc1. The molecule has 1 fully saturated rings. The summed E-state index contributed by atoms with van der Waals surface area (Å²) in [7, 11) is -2.61. The van der Waals surface area contributed by atoms with Crippen LogP contribution in [0.1, 0.15) is 55.9 Å². The largest absolute Gasteiger partial charge is 0.497 e. The Morgan fingerprint density at radius 1 is 1.25 bits per heavy atom. The zero-order valence-corrected chi connectivity index (χ0v) is 11.4. The number of methoxy groups -OCH3 is 1. The van der Waals surface area contributed by atoms with Crippen molar-refractivity contribution in [2.45, 2.75) is 43.6 Å². The molecule has 1 aromatic carbocycles. The van der Waals surface area contributed by atoms with E-state index in [0.29, 0.717) is 23.3 Å². The van der Waals surface area contributed by atoms with Gasteiger partial charge >= 0.3 is 0 Å². The van der Waals surface area contributed by atoms with E-state index < -0.39 is 32.5 Å². The fourth-order valence-corrected chi connectivity index (χ4v) is 3.05. The molecule has 3 nitrogen and oxygen atoms in total. The molecule has 112 valence electrons. The van der Waals surface area contributed by atoms with E-state index in [0.717, 1.165) is 19.3 Å². The molecule has 1 atom stereocenters. The summed E-state index contributed by atoms with van der Waals surface area (Å²) < 4.78 is 72.2. The highest BCUT2D eigenvalue weighted by atomic mass is 16.5. The van der Waals surface area contributed by atoms with Gasteiger partial charge in [0.25, 0.3) is 0 Å². The maximum atomic E-state index is 11.3. The molecule has 0 aliphatic heterocycles. The van der Waals surface area contributed by atoms with E-state index in [-0.39, 0.29) is 12.3 Å². The highest BCUT2D eigenvalue weighted by Crippen LogP contribution is 2.40. The third kappa shape index (κ3) is 3.53. The van der Waals surface area contributed by atoms with Crippen LogP contribution >= 0.6 is 0 Å². The Morgan fingerprint density at radius 2 is 1.95 bits per heavy atom. The highest BCUT2D eigenvalue weighted by molar-refractivity contribution is 5.31. The number of nitrogens with zero attached hydrogens (tertiary/aromatic N) is 1. The lowest BCUT2D eigenvalue weighted by Gasteiger charge is -2.40. The minimum atomic E-state index is -2.86. The van der Waals surface area contributed by atoms with E-state index in [9.17, 15) is 5.11 Å². The van der Waals surface area contributed by atoms with Crippen molar-refractivity contribution in [2.24, 2.45) is 0 Å². The first-order valence-electron chi connectivity index (χ1n) is 11.4. The molecule has 2 rings (SSSR count). The van der Waals surface area contributed by atoms with Gasteiger partial charge in [-0.25, -0.2) is 0 Å². The van der Waals surface area contributed by atoms with E-state index in [1.165, 1.54) is 12.1 Å². The molecule has 1 saturated carbocycles. The molecule has 1 N–H and O–H groups in total. The topological polar surface area (TPSA) is 32.7 Å². The van der Waals surface area contributed by atoms with Gasteiger partial charge in [-0.1, -0.05) is 31.4 Å². The van der Waals surface area contributed by atoms with Crippen LogP contribution in [-0.2, 0) is 0 Å². The summed E-state index contributed by atoms with van der Waals surface area (Å²) in [5.41, 5.74) is -0.717. The summed E-state index contributed by atoms with van der Waals surface area (Å²) in [5.74, 6) is -0.669. The van der Waals surface area contributed by atoms with Crippen LogP contribution in [-0.4, -0.2) is 43.1 Å². The maximum Gasteiger partial charge on any atom is 0.118 e. The number of hydrogen-bond donors (Lipinski definition) is 1. The van der Waals surface area contributed by atoms with Gasteiger partial charge in [-0.3, -0.25) is 0 Å². The molecule has 0 spiro atoms. The Bertz CT molecular complexity index is 647. The standard InChI is InChI=1S/C17H27NO2/c1-18(2)13-16(17(19)11-5-4-6-12-17)14-7-9-15(20-3)10-8-14/h7-10,16,19H,4-6,11-13H2,1-3H3/i1T3,2T3,3T3. The van der Waals surface area contributed by atoms with Crippen molar-refractivity contribution in [1.82, 2.24) is 4.90 Å². The van der Waals surface area contributed by atoms with Crippen molar-refractivity contribution in [3.05, 3.63) is 29.8 Å². The van der Waals surface area contributed by atoms with Crippen molar-refractivity contribution in [2.75, 3.05) is 27.5 Å². The Hall–Kier alpha value is -1.06. The minimum Gasteiger partial charge on any atom is -0.497 e. The monoisotopic (exact) mass is 295 g/mol. The van der Waals surface area contributed by atoms with Crippen LogP contribution in [0, 0.1) is 0 Å². The van der Waals surface area contributed by atoms with Crippen molar-refractivity contribution < 1.29 is 22.2 Å². The number of rotatable bonds is 5. The fraction of sp³-hybridized carbons (Fsp3) is 0.647. The zero-order valence-electron chi connectivity index (χ0n) is 20.4. The van der Waals surface area contributed by atoms with Gasteiger partial charge in [-0.15, -0.1) is 0 Å². The molecule has 0 heterocycles. The predicted molar refractivity (Wildman–Crippen MR) is 82.3 cm³/mol. The normalized spacial score (nSPS) is 28.4. The minimum absolute atomic E-state index is 0.103. The van der Waals surface area contributed by atoms with Crippen molar-refractivity contribution in [3.8, 4) is 5.75 Å². The number of hydrogen-bond acceptors (Lipinski definition) is 3. The van der Waals surface area contributed by atoms with Crippen molar-refractivity contribution in [3.63, 3.8) is 0 Å². The second-order valence-electron chi connectivity index (χ2n) is 5.50. The van der Waals surface area contributed by atoms with Crippen LogP contribution < -0.4 is 4.74 Å². The molecule has 0 aromatic heterocycles. The molecule has 0 amide bonds. The van der Waals surface area contributed by atoms with Crippen LogP contribution in [0.3, 0.4) is 0 Å². The van der Waals surface area contributed by atoms with Crippen molar-refractivity contribution >= 4 is 0 Å². The number of likely N-dealkylation sites (N-methyl/N-ethyl adjacent to an activating group) is 1. The smallest absolute Gasteiger partial charge is 0.118 e. The molecule has 0 radical (unpaired) electrons. The predicted octanol–water partition coefficient (Wildman–Crippen LogP) is 3.04. The van der Waals surface area contributed by atoms with E-state index in [2.05, 4.69) is 0 Å². The Balaban J connectivity index is 2.40. The summed E-state index contributed by atoms with van der Waals surface area (Å²) in [6.07, 6.45) is 3.33. The molecular formula is C17H27NO2. The molecular weight excluding hydrogens is 250 g/mol. The van der Waals surface area contributed by atoms with Gasteiger partial charge in [-0.05, 0) is 44.5 Å². The maximum absolute atomic E-state index is 11.3. The summed E-state index contributed by atoms with van der Waals surface area (Å²) in [6, 6.07) is 5.96. The summed E-state index contributed by atoms with van der Waals surface area (Å²) in [5, 5.41) is 11.3. The van der Waals surface area contributed by atoms with Gasteiger partial charge in [0.1, 0.15) is 5.75 Å². The average Bonchev–Trinajstić information content (AvgIpc) is 2.53. The molecule has 20 heavy (non-hydrogen) atoms. The van der Waals surface area contributed by atoms with Gasteiger partial charge in [0.15, 0.2) is 0 Å². The number of ether oxygens (including phenoxy) is 1. The number of aliphatic hydroxyl groups is 1. The first-order chi connectivity index (χ1) is 13.1. The Morgan fingerprint density at radius 3 is 2.55 bits per heavy atom. The van der Waals surface area contributed by atoms with E-state index >= 15 is 0 Å². The lowest BCUT2D eigenvalue weighted by Crippen LogP contribution is -2.42. The Kier molecular flexibility index (Phi) is 2.40. The third-order valence-corrected chi connectivity index (χ3v) is 4.13. The molecule has 0 saturated heterocycles. The van der Waals surface area contributed by atoms with Crippen LogP contribution in [0.25, 0.3) is 0 Å². The van der Waals surface area contributed by atoms with Gasteiger partial charge < -0.3 is 14.7 Å². The van der Waals surface area contributed by atoms with E-state index in [1.807, 2.05) is 0 Å². The van der Waals surface area contributed by atoms with Crippen LogP contribution in [0.5, 0.6) is 5.75 Å². The first-order valence-corrected chi connectivity index (χ1v) is 6.91. The number of benzene rings is 1. The first kappa shape index (κ1) is 7.28. The second kappa shape index (κ2) is 6.59. The van der Waals surface area contributed by atoms with Gasteiger partial charge in [0.2, 0.25) is 0 Å². The molecule has 1 aliphatic carbocycles. The lowest BCUT2D eigenvalue weighted by atomic mass is 9.72. The van der Waals surface area contributed by atoms with Crippen LogP contribution in [0.2, 0.25) is 0 Å². The summed E-state index contributed by atoms with van der Waals surface area (Å²) in [4.78, 5) is 0.462. The quantitative estimate of drug-likeness (QED) is 0.906. The molecule has 1 aliphatic rings. The van der Waals surface area contributed by atoms with E-state index in [4.69, 9.17) is 17.1 Å². The van der Waals surface area contributed by atoms with Gasteiger partial charge in [0, 0.05) is 20.7 Å². The lowest BCUT2D eigenvalue weighted by molar-refractivity contribution is -0.0277. The summed E-state index contributed by atoms with van der Waals surface area (Å²) in [6.45, 7) is -6.11. The zero-order chi connectivity index (χ0) is 22.1. The van der Waals surface area contributed by atoms with Crippen LogP contribution in [0.15, 0.2) is 24.3 Å². The Labute approximate surface area is 135 Å². The van der Waals surface area contributed by atoms with Gasteiger partial charge in [0.05, 0.1) is 16.8 Å². The second-order valence-corrected chi connectivity index (χ2v) is 5.50. The van der Waals surface area contributed by atoms with Gasteiger partial charge in [-0.2, -0.15) is 0 Å². The fourth-order valence-electron chi connectivity index (χ4n) is 3.05. The molecule has 3 heteroatoms. The molecule has 0 bridgehead atoms.